The summed E-state index contributed by atoms with van der Waals surface area (Å²) in [6.45, 7) is 0.580. The van der Waals surface area contributed by atoms with Crippen molar-refractivity contribution in [3.63, 3.8) is 0 Å². The van der Waals surface area contributed by atoms with Crippen molar-refractivity contribution in [3.05, 3.63) is 12.2 Å². The molecule has 3 atom stereocenters. The van der Waals surface area contributed by atoms with Gasteiger partial charge in [-0.05, 0) is 48.2 Å². The second kappa shape index (κ2) is 3.10. The van der Waals surface area contributed by atoms with Crippen LogP contribution in [0, 0.1) is 17.3 Å². The first-order chi connectivity index (χ1) is 6.18. The smallest absolute Gasteiger partial charge is 0.222 e. The van der Waals surface area contributed by atoms with E-state index in [-0.39, 0.29) is 10.7 Å². The number of fused-ring (bicyclic) bond motifs is 1. The highest BCUT2D eigenvalue weighted by Gasteiger charge is 2.53. The Morgan fingerprint density at radius 3 is 3.00 bits per heavy atom. The number of nitrogens with two attached hydrogens (primary N) is 1. The normalized spacial score (nSPS) is 41.4. The molecule has 2 nitrogen and oxygen atoms in total. The number of hydrogen-bond acceptors (Lipinski definition) is 2. The monoisotopic (exact) mass is 199 g/mol. The van der Waals surface area contributed by atoms with Crippen molar-refractivity contribution in [2.24, 2.45) is 23.0 Å². The highest BCUT2D eigenvalue weighted by atomic mass is 35.5. The maximum Gasteiger partial charge on any atom is 0.222 e. The van der Waals surface area contributed by atoms with Crippen LogP contribution in [0.25, 0.3) is 0 Å². The molecule has 0 radical (unpaired) electrons. The van der Waals surface area contributed by atoms with Gasteiger partial charge in [0.25, 0.3) is 0 Å². The van der Waals surface area contributed by atoms with Gasteiger partial charge in [0.1, 0.15) is 0 Å². The number of hydrogen-bond donors (Lipinski definition) is 1. The SMILES string of the molecule is NC[C@@]1(CC(=O)Cl)C[C@@H]2CC=C[C@@H]21. The third kappa shape index (κ3) is 1.32. The molecular formula is C10H14ClNO. The Bertz CT molecular complexity index is 264. The molecule has 2 rings (SSSR count). The van der Waals surface area contributed by atoms with Crippen molar-refractivity contribution in [3.8, 4) is 0 Å². The van der Waals surface area contributed by atoms with Crippen LogP contribution in [-0.2, 0) is 4.79 Å². The zero-order chi connectivity index (χ0) is 9.47. The van der Waals surface area contributed by atoms with E-state index >= 15 is 0 Å². The van der Waals surface area contributed by atoms with Crippen LogP contribution in [0.5, 0.6) is 0 Å². The Hall–Kier alpha value is -0.340. The topological polar surface area (TPSA) is 43.1 Å². The van der Waals surface area contributed by atoms with Gasteiger partial charge >= 0.3 is 0 Å². The van der Waals surface area contributed by atoms with Crippen LogP contribution in [-0.4, -0.2) is 11.8 Å². The van der Waals surface area contributed by atoms with Crippen LogP contribution < -0.4 is 5.73 Å². The average molecular weight is 200 g/mol. The second-order valence-electron chi connectivity index (χ2n) is 4.25. The molecule has 0 amide bonds. The third-order valence-corrected chi connectivity index (χ3v) is 3.70. The first-order valence-corrected chi connectivity index (χ1v) is 5.11. The molecular weight excluding hydrogens is 186 g/mol. The van der Waals surface area contributed by atoms with E-state index < -0.39 is 0 Å². The van der Waals surface area contributed by atoms with E-state index in [9.17, 15) is 4.79 Å². The van der Waals surface area contributed by atoms with E-state index in [1.54, 1.807) is 0 Å². The molecule has 13 heavy (non-hydrogen) atoms. The van der Waals surface area contributed by atoms with Crippen LogP contribution in [0.2, 0.25) is 0 Å². The molecule has 0 bridgehead atoms. The van der Waals surface area contributed by atoms with Gasteiger partial charge in [0.15, 0.2) is 0 Å². The van der Waals surface area contributed by atoms with Crippen LogP contribution in [0.4, 0.5) is 0 Å². The molecule has 0 spiro atoms. The summed E-state index contributed by atoms with van der Waals surface area (Å²) in [6.07, 6.45) is 7.07. The van der Waals surface area contributed by atoms with Gasteiger partial charge in [-0.1, -0.05) is 12.2 Å². The number of carbonyl (C=O) groups excluding carboxylic acids is 1. The largest absolute Gasteiger partial charge is 0.330 e. The fourth-order valence-electron chi connectivity index (χ4n) is 2.87. The zero-order valence-corrected chi connectivity index (χ0v) is 8.26. The summed E-state index contributed by atoms with van der Waals surface area (Å²) in [5, 5.41) is -0.246. The molecule has 0 aromatic carbocycles. The Morgan fingerprint density at radius 1 is 1.69 bits per heavy atom. The number of halogens is 1. The first kappa shape index (κ1) is 9.22. The predicted molar refractivity (Wildman–Crippen MR) is 52.3 cm³/mol. The van der Waals surface area contributed by atoms with Crippen LogP contribution in [0.15, 0.2) is 12.2 Å². The van der Waals surface area contributed by atoms with Crippen LogP contribution in [0.1, 0.15) is 19.3 Å². The van der Waals surface area contributed by atoms with Crippen molar-refractivity contribution in [2.45, 2.75) is 19.3 Å². The number of carbonyl (C=O) groups is 1. The molecule has 0 unspecified atom stereocenters. The number of allylic oxidation sites excluding steroid dienone is 2. The third-order valence-electron chi connectivity index (χ3n) is 3.56. The average Bonchev–Trinajstić information content (AvgIpc) is 2.43. The fraction of sp³-hybridized carbons (Fsp3) is 0.700. The van der Waals surface area contributed by atoms with E-state index in [0.717, 1.165) is 18.8 Å². The van der Waals surface area contributed by atoms with Gasteiger partial charge in [-0.2, -0.15) is 0 Å². The molecule has 0 saturated heterocycles. The van der Waals surface area contributed by atoms with E-state index in [1.165, 1.54) is 0 Å². The molecule has 0 aromatic heterocycles. The summed E-state index contributed by atoms with van der Waals surface area (Å²) in [5.41, 5.74) is 5.72. The molecule has 0 aromatic rings. The molecule has 3 heteroatoms. The maximum atomic E-state index is 10.9. The summed E-state index contributed by atoms with van der Waals surface area (Å²) < 4.78 is 0. The van der Waals surface area contributed by atoms with E-state index in [2.05, 4.69) is 12.2 Å². The Balaban J connectivity index is 2.09. The summed E-state index contributed by atoms with van der Waals surface area (Å²) in [4.78, 5) is 10.9. The van der Waals surface area contributed by atoms with E-state index in [1.807, 2.05) is 0 Å². The summed E-state index contributed by atoms with van der Waals surface area (Å²) >= 11 is 5.43. The zero-order valence-electron chi connectivity index (χ0n) is 7.50. The molecule has 1 saturated carbocycles. The predicted octanol–water partition coefficient (Wildman–Crippen LogP) is 1.68. The van der Waals surface area contributed by atoms with Gasteiger partial charge in [0, 0.05) is 6.42 Å². The minimum absolute atomic E-state index is 0.00347. The minimum Gasteiger partial charge on any atom is -0.330 e. The molecule has 72 valence electrons. The highest BCUT2D eigenvalue weighted by Crippen LogP contribution is 2.57. The van der Waals surface area contributed by atoms with Crippen molar-refractivity contribution in [2.75, 3.05) is 6.54 Å². The van der Waals surface area contributed by atoms with Crippen LogP contribution in [0.3, 0.4) is 0 Å². The number of rotatable bonds is 3. The summed E-state index contributed by atoms with van der Waals surface area (Å²) in [7, 11) is 0. The first-order valence-electron chi connectivity index (χ1n) is 4.73. The lowest BCUT2D eigenvalue weighted by molar-refractivity contribution is -0.117. The Morgan fingerprint density at radius 2 is 2.46 bits per heavy atom. The van der Waals surface area contributed by atoms with Gasteiger partial charge in [-0.15, -0.1) is 0 Å². The van der Waals surface area contributed by atoms with Gasteiger partial charge in [-0.25, -0.2) is 0 Å². The van der Waals surface area contributed by atoms with Crippen molar-refractivity contribution < 1.29 is 4.79 Å². The van der Waals surface area contributed by atoms with Crippen molar-refractivity contribution >= 4 is 16.8 Å². The van der Waals surface area contributed by atoms with E-state index in [0.29, 0.717) is 18.9 Å². The summed E-state index contributed by atoms with van der Waals surface area (Å²) in [5.74, 6) is 1.25. The lowest BCUT2D eigenvalue weighted by atomic mass is 9.53. The molecule has 2 aliphatic carbocycles. The van der Waals surface area contributed by atoms with Crippen molar-refractivity contribution in [1.29, 1.82) is 0 Å². The molecule has 0 aliphatic heterocycles. The summed E-state index contributed by atoms with van der Waals surface area (Å²) in [6, 6.07) is 0. The Labute approximate surface area is 83.1 Å². The maximum absolute atomic E-state index is 10.9. The molecule has 0 heterocycles. The molecule has 2 aliphatic rings. The molecule has 2 N–H and O–H groups in total. The van der Waals surface area contributed by atoms with Gasteiger partial charge in [0.05, 0.1) is 0 Å². The lowest BCUT2D eigenvalue weighted by Crippen LogP contribution is -2.50. The van der Waals surface area contributed by atoms with Crippen molar-refractivity contribution in [1.82, 2.24) is 0 Å². The van der Waals surface area contributed by atoms with Gasteiger partial charge < -0.3 is 5.73 Å². The minimum atomic E-state index is -0.246. The van der Waals surface area contributed by atoms with Gasteiger partial charge in [-0.3, -0.25) is 4.79 Å². The van der Waals surface area contributed by atoms with Gasteiger partial charge in [0.2, 0.25) is 5.24 Å². The standard InChI is InChI=1S/C10H14ClNO/c11-9(13)5-10(6-12)4-7-2-1-3-8(7)10/h1,3,7-8H,2,4-6,12H2/t7-,8-,10-/m0/s1. The fourth-order valence-corrected chi connectivity index (χ4v) is 3.14. The van der Waals surface area contributed by atoms with Crippen LogP contribution >= 0.6 is 11.6 Å². The second-order valence-corrected chi connectivity index (χ2v) is 4.67. The highest BCUT2D eigenvalue weighted by molar-refractivity contribution is 6.63. The quantitative estimate of drug-likeness (QED) is 0.555. The van der Waals surface area contributed by atoms with E-state index in [4.69, 9.17) is 17.3 Å². The lowest BCUT2D eigenvalue weighted by Gasteiger charge is -2.51. The Kier molecular flexibility index (Phi) is 2.20. The molecule has 1 fully saturated rings.